The van der Waals surface area contributed by atoms with Crippen molar-refractivity contribution < 1.29 is 14.8 Å². The van der Waals surface area contributed by atoms with Gasteiger partial charge in [-0.3, -0.25) is 20.2 Å². The van der Waals surface area contributed by atoms with Gasteiger partial charge >= 0.3 is 0 Å². The van der Waals surface area contributed by atoms with Crippen molar-refractivity contribution in [1.82, 2.24) is 10.6 Å². The lowest BCUT2D eigenvalue weighted by atomic mass is 9.85. The van der Waals surface area contributed by atoms with E-state index in [0.29, 0.717) is 19.3 Å². The summed E-state index contributed by atoms with van der Waals surface area (Å²) in [6, 6.07) is 4.79. The molecule has 0 bridgehead atoms. The Balaban J connectivity index is 2.86. The standard InChI is InChI=1S/C19H25N3O4S2/c1-4-11-19(24,12-5-2)16(10-13-28-3)20-18(27)21-17(23)14-6-8-15(9-7-14)22(25)26/h4-9,16,24H,1-2,10-13H2,3H3,(H2,20,21,23,27). The third kappa shape index (κ3) is 7.06. The summed E-state index contributed by atoms with van der Waals surface area (Å²) in [4.78, 5) is 22.5. The zero-order valence-electron chi connectivity index (χ0n) is 15.7. The summed E-state index contributed by atoms with van der Waals surface area (Å²) in [5.41, 5.74) is -1.00. The van der Waals surface area contributed by atoms with Crippen LogP contribution in [0.4, 0.5) is 5.69 Å². The fraction of sp³-hybridized carbons (Fsp3) is 0.368. The van der Waals surface area contributed by atoms with Gasteiger partial charge in [0, 0.05) is 17.7 Å². The van der Waals surface area contributed by atoms with E-state index in [1.54, 1.807) is 23.9 Å². The van der Waals surface area contributed by atoms with Crippen LogP contribution >= 0.6 is 24.0 Å². The van der Waals surface area contributed by atoms with Crippen molar-refractivity contribution in [3.05, 3.63) is 65.3 Å². The molecule has 0 spiro atoms. The van der Waals surface area contributed by atoms with Gasteiger partial charge in [-0.2, -0.15) is 11.8 Å². The van der Waals surface area contributed by atoms with Crippen LogP contribution in [0.2, 0.25) is 0 Å². The van der Waals surface area contributed by atoms with Crippen molar-refractivity contribution >= 4 is 40.7 Å². The second-order valence-electron chi connectivity index (χ2n) is 6.15. The number of nitrogens with one attached hydrogen (secondary N) is 2. The number of nitro groups is 1. The molecule has 1 atom stereocenters. The Labute approximate surface area is 174 Å². The molecule has 1 amide bonds. The first-order chi connectivity index (χ1) is 13.3. The van der Waals surface area contributed by atoms with Gasteiger partial charge in [-0.1, -0.05) is 12.2 Å². The van der Waals surface area contributed by atoms with Gasteiger partial charge < -0.3 is 10.4 Å². The maximum absolute atomic E-state index is 12.3. The number of nitro benzene ring substituents is 1. The van der Waals surface area contributed by atoms with Crippen molar-refractivity contribution in [3.63, 3.8) is 0 Å². The number of rotatable bonds is 11. The third-order valence-corrected chi connectivity index (χ3v) is 4.99. The van der Waals surface area contributed by atoms with Crippen LogP contribution in [0.1, 0.15) is 29.6 Å². The van der Waals surface area contributed by atoms with Crippen molar-refractivity contribution in [2.45, 2.75) is 30.9 Å². The lowest BCUT2D eigenvalue weighted by Crippen LogP contribution is -2.55. The average Bonchev–Trinajstić information content (AvgIpc) is 2.65. The Morgan fingerprint density at radius 2 is 1.93 bits per heavy atom. The van der Waals surface area contributed by atoms with Crippen LogP contribution in [0.15, 0.2) is 49.6 Å². The predicted molar refractivity (Wildman–Crippen MR) is 118 cm³/mol. The van der Waals surface area contributed by atoms with Crippen LogP contribution in [-0.4, -0.2) is 44.7 Å². The van der Waals surface area contributed by atoms with Crippen LogP contribution in [0.25, 0.3) is 0 Å². The number of hydrogen-bond donors (Lipinski definition) is 3. The number of aliphatic hydroxyl groups is 1. The third-order valence-electron chi connectivity index (χ3n) is 4.13. The Morgan fingerprint density at radius 1 is 1.36 bits per heavy atom. The molecule has 1 rings (SSSR count). The summed E-state index contributed by atoms with van der Waals surface area (Å²) < 4.78 is 0. The first-order valence-corrected chi connectivity index (χ1v) is 10.4. The molecule has 152 valence electrons. The molecule has 0 radical (unpaired) electrons. The molecule has 1 aromatic rings. The number of thioether (sulfide) groups is 1. The van der Waals surface area contributed by atoms with Gasteiger partial charge in [0.25, 0.3) is 11.6 Å². The molecule has 0 saturated carbocycles. The molecular weight excluding hydrogens is 398 g/mol. The number of non-ortho nitro benzene ring substituents is 1. The summed E-state index contributed by atoms with van der Waals surface area (Å²) in [5, 5.41) is 27.4. The Morgan fingerprint density at radius 3 is 2.39 bits per heavy atom. The summed E-state index contributed by atoms with van der Waals surface area (Å²) in [7, 11) is 0. The van der Waals surface area contributed by atoms with Crippen molar-refractivity contribution in [2.24, 2.45) is 0 Å². The lowest BCUT2D eigenvalue weighted by molar-refractivity contribution is -0.384. The number of benzene rings is 1. The highest BCUT2D eigenvalue weighted by atomic mass is 32.2. The van der Waals surface area contributed by atoms with Gasteiger partial charge in [-0.15, -0.1) is 13.2 Å². The number of hydrogen-bond acceptors (Lipinski definition) is 6. The molecular formula is C19H25N3O4S2. The highest BCUT2D eigenvalue weighted by Gasteiger charge is 2.34. The van der Waals surface area contributed by atoms with Gasteiger partial charge in [-0.05, 0) is 55.6 Å². The SMILES string of the molecule is C=CCC(O)(CC=C)C(CCSC)NC(=S)NC(=O)c1ccc([N+](=O)[O-])cc1. The highest BCUT2D eigenvalue weighted by Crippen LogP contribution is 2.24. The van der Waals surface area contributed by atoms with E-state index >= 15 is 0 Å². The topological polar surface area (TPSA) is 104 Å². The minimum atomic E-state index is -1.14. The molecule has 0 saturated heterocycles. The molecule has 0 aliphatic rings. The minimum Gasteiger partial charge on any atom is -0.387 e. The van der Waals surface area contributed by atoms with Crippen LogP contribution in [0.3, 0.4) is 0 Å². The molecule has 0 aliphatic carbocycles. The second kappa shape index (κ2) is 11.6. The smallest absolute Gasteiger partial charge is 0.269 e. The molecule has 0 aliphatic heterocycles. The van der Waals surface area contributed by atoms with Gasteiger partial charge in [0.2, 0.25) is 0 Å². The van der Waals surface area contributed by atoms with Crippen molar-refractivity contribution in [3.8, 4) is 0 Å². The Hall–Kier alpha value is -2.23. The van der Waals surface area contributed by atoms with E-state index in [1.165, 1.54) is 24.3 Å². The molecule has 3 N–H and O–H groups in total. The molecule has 28 heavy (non-hydrogen) atoms. The zero-order chi connectivity index (χ0) is 21.2. The Kier molecular flexibility index (Phi) is 9.84. The molecule has 0 aromatic heterocycles. The van der Waals surface area contributed by atoms with E-state index in [1.807, 2.05) is 6.26 Å². The minimum absolute atomic E-state index is 0.0704. The molecule has 1 unspecified atom stereocenters. The van der Waals surface area contributed by atoms with Crippen LogP contribution in [-0.2, 0) is 0 Å². The number of carbonyl (C=O) groups is 1. The maximum atomic E-state index is 12.3. The monoisotopic (exact) mass is 423 g/mol. The van der Waals surface area contributed by atoms with E-state index < -0.39 is 22.5 Å². The fourth-order valence-corrected chi connectivity index (χ4v) is 3.39. The maximum Gasteiger partial charge on any atom is 0.269 e. The average molecular weight is 424 g/mol. The van der Waals surface area contributed by atoms with E-state index in [0.717, 1.165) is 5.75 Å². The molecule has 7 nitrogen and oxygen atoms in total. The van der Waals surface area contributed by atoms with Gasteiger partial charge in [0.15, 0.2) is 5.11 Å². The van der Waals surface area contributed by atoms with Crippen LogP contribution in [0, 0.1) is 10.1 Å². The normalized spacial score (nSPS) is 11.9. The second-order valence-corrected chi connectivity index (χ2v) is 7.55. The number of thiocarbonyl (C=S) groups is 1. The van der Waals surface area contributed by atoms with E-state index in [4.69, 9.17) is 12.2 Å². The fourth-order valence-electron chi connectivity index (χ4n) is 2.68. The van der Waals surface area contributed by atoms with E-state index in [9.17, 15) is 20.0 Å². The molecule has 1 aromatic carbocycles. The zero-order valence-corrected chi connectivity index (χ0v) is 17.4. The molecule has 9 heteroatoms. The van der Waals surface area contributed by atoms with Crippen molar-refractivity contribution in [1.29, 1.82) is 0 Å². The predicted octanol–water partition coefficient (Wildman–Crippen LogP) is 3.20. The van der Waals surface area contributed by atoms with Gasteiger partial charge in [0.1, 0.15) is 0 Å². The van der Waals surface area contributed by atoms with Crippen LogP contribution < -0.4 is 10.6 Å². The summed E-state index contributed by atoms with van der Waals surface area (Å²) in [6.45, 7) is 7.40. The molecule has 0 fully saturated rings. The van der Waals surface area contributed by atoms with E-state index in [2.05, 4.69) is 23.8 Å². The lowest BCUT2D eigenvalue weighted by Gasteiger charge is -2.36. The Bertz CT molecular complexity index is 712. The number of carbonyl (C=O) groups excluding carboxylic acids is 1. The van der Waals surface area contributed by atoms with Crippen LogP contribution in [0.5, 0.6) is 0 Å². The summed E-state index contributed by atoms with van der Waals surface area (Å²) in [6.07, 6.45) is 6.53. The van der Waals surface area contributed by atoms with Crippen molar-refractivity contribution in [2.75, 3.05) is 12.0 Å². The highest BCUT2D eigenvalue weighted by molar-refractivity contribution is 7.98. The molecule has 0 heterocycles. The van der Waals surface area contributed by atoms with E-state index in [-0.39, 0.29) is 16.4 Å². The van der Waals surface area contributed by atoms with Gasteiger partial charge in [-0.25, -0.2) is 0 Å². The quantitative estimate of drug-likeness (QED) is 0.217. The summed E-state index contributed by atoms with van der Waals surface area (Å²) in [5.74, 6) is 0.291. The first kappa shape index (κ1) is 23.8. The number of amides is 1. The largest absolute Gasteiger partial charge is 0.387 e. The first-order valence-electron chi connectivity index (χ1n) is 8.56. The number of nitrogens with zero attached hydrogens (tertiary/aromatic N) is 1. The van der Waals surface area contributed by atoms with Gasteiger partial charge in [0.05, 0.1) is 16.6 Å². The summed E-state index contributed by atoms with van der Waals surface area (Å²) >= 11 is 6.88.